The largest absolute Gasteiger partial charge is 0.386 e. The average molecular weight is 472 g/mol. The first-order valence-corrected chi connectivity index (χ1v) is 10.4. The van der Waals surface area contributed by atoms with E-state index < -0.39 is 24.5 Å². The van der Waals surface area contributed by atoms with Crippen LogP contribution in [0.15, 0.2) is 15.7 Å². The molecule has 10 nitrogen and oxygen atoms in total. The molecule has 3 aromatic heterocycles. The highest BCUT2D eigenvalue weighted by Gasteiger charge is 2.48. The summed E-state index contributed by atoms with van der Waals surface area (Å²) in [4.78, 5) is 25.2. The number of nitrogens with one attached hydrogen (secondary N) is 1. The topological polar surface area (TPSA) is 116 Å². The summed E-state index contributed by atoms with van der Waals surface area (Å²) in [7, 11) is -0.134. The molecule has 0 spiro atoms. The van der Waals surface area contributed by atoms with E-state index in [1.807, 2.05) is 20.8 Å². The molecule has 0 radical (unpaired) electrons. The molecule has 0 amide bonds. The van der Waals surface area contributed by atoms with E-state index in [4.69, 9.17) is 13.8 Å². The van der Waals surface area contributed by atoms with Crippen LogP contribution in [0.1, 0.15) is 32.7 Å². The van der Waals surface area contributed by atoms with Crippen molar-refractivity contribution in [3.63, 3.8) is 0 Å². The lowest BCUT2D eigenvalue weighted by Gasteiger charge is -2.24. The van der Waals surface area contributed by atoms with Crippen molar-refractivity contribution in [3.8, 4) is 0 Å². The first kappa shape index (κ1) is 18.7. The van der Waals surface area contributed by atoms with Crippen LogP contribution in [-0.2, 0) is 19.2 Å². The molecule has 2 saturated heterocycles. The SMILES string of the molecule is CC(C)(C)c1cn2c(=O)c3nc(Br)n(C4OC5COPOC5C4O)c3nc2[nH]1. The van der Waals surface area contributed by atoms with Crippen molar-refractivity contribution in [2.45, 2.75) is 50.7 Å². The minimum atomic E-state index is -0.941. The molecule has 0 aromatic carbocycles. The zero-order chi connectivity index (χ0) is 19.8. The first-order chi connectivity index (χ1) is 13.3. The van der Waals surface area contributed by atoms with E-state index in [0.717, 1.165) is 5.69 Å². The fourth-order valence-electron chi connectivity index (χ4n) is 3.53. The number of rotatable bonds is 1. The fraction of sp³-hybridized carbons (Fsp3) is 0.562. The minimum absolute atomic E-state index is 0.134. The highest BCUT2D eigenvalue weighted by Crippen LogP contribution is 2.41. The quantitative estimate of drug-likeness (QED) is 0.409. The summed E-state index contributed by atoms with van der Waals surface area (Å²) >= 11 is 3.38. The van der Waals surface area contributed by atoms with E-state index in [-0.39, 0.29) is 25.5 Å². The number of H-pyrrole nitrogens is 1. The van der Waals surface area contributed by atoms with Crippen LogP contribution < -0.4 is 5.56 Å². The molecule has 2 N–H and O–H groups in total. The monoisotopic (exact) mass is 471 g/mol. The van der Waals surface area contributed by atoms with Crippen LogP contribution in [-0.4, -0.2) is 53.9 Å². The Morgan fingerprint density at radius 1 is 1.39 bits per heavy atom. The van der Waals surface area contributed by atoms with Gasteiger partial charge >= 0.3 is 0 Å². The van der Waals surface area contributed by atoms with Gasteiger partial charge in [-0.25, -0.2) is 9.38 Å². The summed E-state index contributed by atoms with van der Waals surface area (Å²) in [5.41, 5.74) is 0.924. The van der Waals surface area contributed by atoms with Crippen molar-refractivity contribution in [3.05, 3.63) is 27.0 Å². The van der Waals surface area contributed by atoms with Crippen molar-refractivity contribution >= 4 is 41.9 Å². The number of aromatic amines is 1. The summed E-state index contributed by atoms with van der Waals surface area (Å²) in [6.45, 7) is 6.48. The Morgan fingerprint density at radius 2 is 2.18 bits per heavy atom. The van der Waals surface area contributed by atoms with E-state index in [2.05, 4.69) is 30.9 Å². The second kappa shape index (κ2) is 6.32. The lowest BCUT2D eigenvalue weighted by Crippen LogP contribution is -2.36. The van der Waals surface area contributed by atoms with E-state index in [0.29, 0.717) is 22.8 Å². The normalized spacial score (nSPS) is 29.2. The van der Waals surface area contributed by atoms with Crippen molar-refractivity contribution in [1.82, 2.24) is 23.9 Å². The molecule has 150 valence electrons. The maximum Gasteiger partial charge on any atom is 0.287 e. The third-order valence-electron chi connectivity index (χ3n) is 5.07. The van der Waals surface area contributed by atoms with Crippen molar-refractivity contribution in [2.24, 2.45) is 0 Å². The van der Waals surface area contributed by atoms with Gasteiger partial charge in [0.25, 0.3) is 5.56 Å². The van der Waals surface area contributed by atoms with Gasteiger partial charge in [-0.1, -0.05) is 20.8 Å². The number of hydrogen-bond donors (Lipinski definition) is 2. The van der Waals surface area contributed by atoms with Gasteiger partial charge in [0.15, 0.2) is 31.2 Å². The number of imidazole rings is 2. The average Bonchev–Trinajstić information content (AvgIpc) is 3.30. The van der Waals surface area contributed by atoms with Crippen molar-refractivity contribution in [2.75, 3.05) is 6.61 Å². The molecule has 5 heterocycles. The van der Waals surface area contributed by atoms with Gasteiger partial charge in [-0.05, 0) is 15.9 Å². The van der Waals surface area contributed by atoms with Gasteiger partial charge in [-0.2, -0.15) is 4.98 Å². The Kier molecular flexibility index (Phi) is 4.21. The fourth-order valence-corrected chi connectivity index (χ4v) is 4.78. The van der Waals surface area contributed by atoms with Crippen LogP contribution in [0.25, 0.3) is 16.9 Å². The summed E-state index contributed by atoms with van der Waals surface area (Å²) < 4.78 is 20.2. The number of aliphatic hydroxyl groups excluding tert-OH is 1. The molecule has 2 fully saturated rings. The lowest BCUT2D eigenvalue weighted by atomic mass is 9.93. The van der Waals surface area contributed by atoms with E-state index in [1.165, 1.54) is 4.40 Å². The van der Waals surface area contributed by atoms with Gasteiger partial charge in [0.05, 0.1) is 6.61 Å². The Balaban J connectivity index is 1.68. The maximum atomic E-state index is 13.0. The Morgan fingerprint density at radius 3 is 2.89 bits per heavy atom. The second-order valence-corrected chi connectivity index (χ2v) is 9.38. The highest BCUT2D eigenvalue weighted by molar-refractivity contribution is 9.10. The molecule has 28 heavy (non-hydrogen) atoms. The molecule has 2 aliphatic heterocycles. The minimum Gasteiger partial charge on any atom is -0.386 e. The molecule has 0 aliphatic carbocycles. The van der Waals surface area contributed by atoms with Gasteiger partial charge in [0, 0.05) is 17.3 Å². The van der Waals surface area contributed by atoms with Gasteiger partial charge in [0.2, 0.25) is 5.78 Å². The van der Waals surface area contributed by atoms with Crippen LogP contribution >= 0.6 is 25.0 Å². The van der Waals surface area contributed by atoms with Crippen LogP contribution in [0.3, 0.4) is 0 Å². The predicted octanol–water partition coefficient (Wildman–Crippen LogP) is 1.61. The molecule has 12 heteroatoms. The van der Waals surface area contributed by atoms with Gasteiger partial charge in [0.1, 0.15) is 18.3 Å². The number of aromatic nitrogens is 5. The molecule has 0 bridgehead atoms. The van der Waals surface area contributed by atoms with Crippen LogP contribution in [0, 0.1) is 0 Å². The van der Waals surface area contributed by atoms with E-state index >= 15 is 0 Å². The summed E-state index contributed by atoms with van der Waals surface area (Å²) in [6.07, 6.45) is -0.882. The van der Waals surface area contributed by atoms with E-state index in [1.54, 1.807) is 10.8 Å². The van der Waals surface area contributed by atoms with Gasteiger partial charge in [-0.3, -0.25) is 9.36 Å². The van der Waals surface area contributed by atoms with E-state index in [9.17, 15) is 9.90 Å². The first-order valence-electron chi connectivity index (χ1n) is 8.81. The van der Waals surface area contributed by atoms with Crippen molar-refractivity contribution in [1.29, 1.82) is 0 Å². The molecular formula is C16H19BrN5O5P. The van der Waals surface area contributed by atoms with Crippen LogP contribution in [0.2, 0.25) is 0 Å². The smallest absolute Gasteiger partial charge is 0.287 e. The predicted molar refractivity (Wildman–Crippen MR) is 105 cm³/mol. The number of aliphatic hydroxyl groups is 1. The molecule has 5 rings (SSSR count). The molecular weight excluding hydrogens is 453 g/mol. The summed E-state index contributed by atoms with van der Waals surface area (Å²) in [6, 6.07) is 0. The maximum absolute atomic E-state index is 13.0. The third-order valence-corrected chi connectivity index (χ3v) is 6.28. The van der Waals surface area contributed by atoms with Gasteiger partial charge in [-0.15, -0.1) is 0 Å². The summed E-state index contributed by atoms with van der Waals surface area (Å²) in [5.74, 6) is 0.405. The summed E-state index contributed by atoms with van der Waals surface area (Å²) in [5, 5.41) is 10.7. The zero-order valence-electron chi connectivity index (χ0n) is 15.3. The highest BCUT2D eigenvalue weighted by atomic mass is 79.9. The third kappa shape index (κ3) is 2.68. The molecule has 3 aromatic rings. The number of ether oxygens (including phenoxy) is 1. The Labute approximate surface area is 169 Å². The van der Waals surface area contributed by atoms with Gasteiger partial charge < -0.3 is 23.9 Å². The van der Waals surface area contributed by atoms with Crippen LogP contribution in [0.5, 0.6) is 0 Å². The Bertz CT molecular complexity index is 1130. The lowest BCUT2D eigenvalue weighted by molar-refractivity contribution is -0.0529. The molecule has 5 unspecified atom stereocenters. The second-order valence-electron chi connectivity index (χ2n) is 7.98. The Hall–Kier alpha value is -1.36. The number of halogens is 1. The number of fused-ring (bicyclic) bond motifs is 3. The molecule has 5 atom stereocenters. The standard InChI is InChI=1S/C16H19BrN5O5P/c1-16(2,3)7-4-21-12(24)8-11(20-15(21)18-7)22(14(17)19-8)13-9(23)10-6(26-13)5-25-28-27-10/h4,6,9-10,13,23,28H,5H2,1-3H3,(H,18,20). The number of nitrogens with zero attached hydrogens (tertiary/aromatic N) is 4. The molecule has 0 saturated carbocycles. The van der Waals surface area contributed by atoms with Crippen LogP contribution in [0.4, 0.5) is 0 Å². The van der Waals surface area contributed by atoms with Crippen molar-refractivity contribution < 1.29 is 18.9 Å². The zero-order valence-corrected chi connectivity index (χ0v) is 17.9. The number of hydrogen-bond acceptors (Lipinski definition) is 7. The molecule has 2 aliphatic rings.